The van der Waals surface area contributed by atoms with Crippen LogP contribution in [0.15, 0.2) is 41.3 Å². The standard InChI is InChI=1S/C22H23F3N2O7S/c1-12-9-14(6-8-17(12)34-20(31)21(2,3)4)35(32,33)27-16-10-13(22(23,24)25)5-7-15(16)19(30)26-11-18(28)29/h5-10,27H,11H2,1-4H3,(H,26,30)(H,28,29). The predicted octanol–water partition coefficient (Wildman–Crippen LogP) is 3.58. The number of aryl methyl sites for hydroxylation is 1. The van der Waals surface area contributed by atoms with Gasteiger partial charge in [-0.25, -0.2) is 8.42 Å². The summed E-state index contributed by atoms with van der Waals surface area (Å²) >= 11 is 0. The second-order valence-electron chi connectivity index (χ2n) is 8.51. The number of benzene rings is 2. The average Bonchev–Trinajstić information content (AvgIpc) is 2.71. The van der Waals surface area contributed by atoms with Crippen LogP contribution in [0.2, 0.25) is 0 Å². The Morgan fingerprint density at radius 1 is 1.03 bits per heavy atom. The quantitative estimate of drug-likeness (QED) is 0.378. The topological polar surface area (TPSA) is 139 Å². The molecule has 0 spiro atoms. The van der Waals surface area contributed by atoms with Gasteiger partial charge in [0, 0.05) is 0 Å². The first-order valence-corrected chi connectivity index (χ1v) is 11.5. The maximum atomic E-state index is 13.2. The molecule has 0 aliphatic heterocycles. The van der Waals surface area contributed by atoms with Crippen LogP contribution >= 0.6 is 0 Å². The van der Waals surface area contributed by atoms with Gasteiger partial charge >= 0.3 is 18.1 Å². The number of hydrogen-bond acceptors (Lipinski definition) is 6. The first-order valence-electron chi connectivity index (χ1n) is 9.99. The van der Waals surface area contributed by atoms with Crippen molar-refractivity contribution in [3.63, 3.8) is 0 Å². The molecule has 0 aromatic heterocycles. The Labute approximate surface area is 199 Å². The Hall–Kier alpha value is -3.61. The van der Waals surface area contributed by atoms with Crippen molar-refractivity contribution >= 4 is 33.6 Å². The van der Waals surface area contributed by atoms with Crippen molar-refractivity contribution < 1.29 is 45.8 Å². The zero-order valence-corrected chi connectivity index (χ0v) is 19.9. The van der Waals surface area contributed by atoms with Crippen LogP contribution in [0.4, 0.5) is 18.9 Å². The minimum Gasteiger partial charge on any atom is -0.480 e. The van der Waals surface area contributed by atoms with E-state index in [0.29, 0.717) is 12.1 Å². The van der Waals surface area contributed by atoms with E-state index >= 15 is 0 Å². The number of carboxylic acid groups (broad SMARTS) is 1. The first-order chi connectivity index (χ1) is 15.9. The minimum absolute atomic E-state index is 0.0941. The van der Waals surface area contributed by atoms with Crippen molar-refractivity contribution in [1.82, 2.24) is 5.32 Å². The van der Waals surface area contributed by atoms with E-state index in [4.69, 9.17) is 9.84 Å². The number of aliphatic carboxylic acids is 1. The van der Waals surface area contributed by atoms with Crippen molar-refractivity contribution in [2.75, 3.05) is 11.3 Å². The molecule has 0 saturated heterocycles. The normalized spacial score (nSPS) is 12.1. The molecule has 2 aromatic carbocycles. The van der Waals surface area contributed by atoms with Gasteiger partial charge < -0.3 is 15.2 Å². The van der Waals surface area contributed by atoms with Crippen LogP contribution in [0.5, 0.6) is 5.75 Å². The van der Waals surface area contributed by atoms with E-state index in [1.54, 1.807) is 20.8 Å². The molecule has 0 radical (unpaired) electrons. The van der Waals surface area contributed by atoms with E-state index in [-0.39, 0.29) is 16.2 Å². The maximum absolute atomic E-state index is 13.2. The summed E-state index contributed by atoms with van der Waals surface area (Å²) in [6.07, 6.45) is -4.84. The zero-order chi connectivity index (χ0) is 26.8. The summed E-state index contributed by atoms with van der Waals surface area (Å²) in [7, 11) is -4.51. The van der Waals surface area contributed by atoms with Gasteiger partial charge in [-0.3, -0.25) is 19.1 Å². The summed E-state index contributed by atoms with van der Waals surface area (Å²) in [4.78, 5) is 34.7. The van der Waals surface area contributed by atoms with Crippen molar-refractivity contribution in [2.24, 2.45) is 5.41 Å². The fraction of sp³-hybridized carbons (Fsp3) is 0.318. The van der Waals surface area contributed by atoms with Crippen LogP contribution in [0.3, 0.4) is 0 Å². The summed E-state index contributed by atoms with van der Waals surface area (Å²) in [6.45, 7) is 5.53. The molecule has 0 fully saturated rings. The summed E-state index contributed by atoms with van der Waals surface area (Å²) in [5, 5.41) is 10.7. The van der Waals surface area contributed by atoms with Gasteiger partial charge in [0.05, 0.1) is 27.1 Å². The Bertz CT molecular complexity index is 1270. The van der Waals surface area contributed by atoms with Crippen LogP contribution in [0.25, 0.3) is 0 Å². The lowest BCUT2D eigenvalue weighted by Gasteiger charge is -2.18. The van der Waals surface area contributed by atoms with Crippen LogP contribution in [0.1, 0.15) is 42.3 Å². The molecule has 1 amide bonds. The molecule has 0 heterocycles. The number of esters is 1. The van der Waals surface area contributed by atoms with Crippen molar-refractivity contribution in [3.05, 3.63) is 53.1 Å². The smallest absolute Gasteiger partial charge is 0.416 e. The van der Waals surface area contributed by atoms with E-state index in [2.05, 4.69) is 0 Å². The molecule has 0 bridgehead atoms. The van der Waals surface area contributed by atoms with E-state index in [1.165, 1.54) is 13.0 Å². The third-order valence-corrected chi connectivity index (χ3v) is 5.87. The number of carbonyl (C=O) groups excluding carboxylic acids is 2. The Balaban J connectivity index is 2.44. The van der Waals surface area contributed by atoms with Crippen LogP contribution < -0.4 is 14.8 Å². The number of halogens is 3. The molecule has 0 unspecified atom stereocenters. The van der Waals surface area contributed by atoms with Gasteiger partial charge in [-0.1, -0.05) is 0 Å². The van der Waals surface area contributed by atoms with E-state index in [1.807, 2.05) is 10.0 Å². The van der Waals surface area contributed by atoms with Crippen molar-refractivity contribution in [1.29, 1.82) is 0 Å². The third kappa shape index (κ3) is 7.18. The number of nitrogens with one attached hydrogen (secondary N) is 2. The molecule has 3 N–H and O–H groups in total. The number of amides is 1. The van der Waals surface area contributed by atoms with Gasteiger partial charge in [-0.2, -0.15) is 13.2 Å². The lowest BCUT2D eigenvalue weighted by Crippen LogP contribution is -2.30. The van der Waals surface area contributed by atoms with Gasteiger partial charge in [0.25, 0.3) is 15.9 Å². The Morgan fingerprint density at radius 2 is 1.66 bits per heavy atom. The van der Waals surface area contributed by atoms with Crippen LogP contribution in [-0.2, 0) is 25.8 Å². The second-order valence-corrected chi connectivity index (χ2v) is 10.2. The molecular weight excluding hydrogens is 493 g/mol. The zero-order valence-electron chi connectivity index (χ0n) is 19.1. The lowest BCUT2D eigenvalue weighted by molar-refractivity contribution is -0.143. The van der Waals surface area contributed by atoms with E-state index in [0.717, 1.165) is 18.2 Å². The van der Waals surface area contributed by atoms with Crippen molar-refractivity contribution in [2.45, 2.75) is 38.8 Å². The number of ether oxygens (including phenoxy) is 1. The maximum Gasteiger partial charge on any atom is 0.416 e. The molecule has 35 heavy (non-hydrogen) atoms. The van der Waals surface area contributed by atoms with Crippen LogP contribution in [-0.4, -0.2) is 37.9 Å². The largest absolute Gasteiger partial charge is 0.480 e. The Morgan fingerprint density at radius 3 is 2.17 bits per heavy atom. The molecule has 0 aliphatic rings. The van der Waals surface area contributed by atoms with Gasteiger partial charge in [0.1, 0.15) is 12.3 Å². The number of anilines is 1. The van der Waals surface area contributed by atoms with Crippen molar-refractivity contribution in [3.8, 4) is 5.75 Å². The number of sulfonamides is 1. The monoisotopic (exact) mass is 516 g/mol. The molecule has 13 heteroatoms. The highest BCUT2D eigenvalue weighted by Gasteiger charge is 2.32. The Kier molecular flexibility index (Phi) is 7.85. The summed E-state index contributed by atoms with van der Waals surface area (Å²) in [6, 6.07) is 5.18. The second kappa shape index (κ2) is 9.94. The number of carbonyl (C=O) groups is 3. The number of hydrogen-bond donors (Lipinski definition) is 3. The predicted molar refractivity (Wildman–Crippen MR) is 118 cm³/mol. The highest BCUT2D eigenvalue weighted by atomic mass is 32.2. The molecular formula is C22H23F3N2O7S. The third-order valence-electron chi connectivity index (χ3n) is 4.51. The van der Waals surface area contributed by atoms with Gasteiger partial charge in [0.2, 0.25) is 0 Å². The van der Waals surface area contributed by atoms with E-state index < -0.39 is 62.8 Å². The highest BCUT2D eigenvalue weighted by Crippen LogP contribution is 2.33. The van der Waals surface area contributed by atoms with Gasteiger partial charge in [0.15, 0.2) is 0 Å². The number of carboxylic acids is 1. The summed E-state index contributed by atoms with van der Waals surface area (Å²) in [5.74, 6) is -2.97. The molecule has 0 saturated carbocycles. The summed E-state index contributed by atoms with van der Waals surface area (Å²) < 4.78 is 72.7. The lowest BCUT2D eigenvalue weighted by atomic mass is 9.97. The molecule has 9 nitrogen and oxygen atoms in total. The molecule has 190 valence electrons. The molecule has 0 aliphatic carbocycles. The highest BCUT2D eigenvalue weighted by molar-refractivity contribution is 7.92. The van der Waals surface area contributed by atoms with Gasteiger partial charge in [-0.15, -0.1) is 0 Å². The SMILES string of the molecule is Cc1cc(S(=O)(=O)Nc2cc(C(F)(F)F)ccc2C(=O)NCC(=O)O)ccc1OC(=O)C(C)(C)C. The molecule has 2 aromatic rings. The minimum atomic E-state index is -4.84. The number of rotatable bonds is 7. The number of alkyl halides is 3. The fourth-order valence-corrected chi connectivity index (χ4v) is 3.77. The molecule has 0 atom stereocenters. The average molecular weight is 516 g/mol. The first kappa shape index (κ1) is 27.6. The van der Waals surface area contributed by atoms with Crippen LogP contribution in [0, 0.1) is 12.3 Å². The van der Waals surface area contributed by atoms with Gasteiger partial charge in [-0.05, 0) is 69.7 Å². The van der Waals surface area contributed by atoms with E-state index in [9.17, 15) is 36.0 Å². The summed E-state index contributed by atoms with van der Waals surface area (Å²) in [5.41, 5.74) is -3.02. The molecule has 2 rings (SSSR count). The fourth-order valence-electron chi connectivity index (χ4n) is 2.61.